The molecule has 2 unspecified atom stereocenters. The molecule has 4 atom stereocenters. The molecule has 25 heavy (non-hydrogen) atoms. The topological polar surface area (TPSA) is 48.0 Å². The van der Waals surface area contributed by atoms with Gasteiger partial charge in [0.05, 0.1) is 19.6 Å². The third kappa shape index (κ3) is 1.66. The van der Waals surface area contributed by atoms with Gasteiger partial charge in [-0.1, -0.05) is 11.6 Å². The Balaban J connectivity index is 1.85. The molecular formula is C19H20ClNO4. The summed E-state index contributed by atoms with van der Waals surface area (Å²) in [6.07, 6.45) is 3.16. The zero-order valence-electron chi connectivity index (χ0n) is 14.5. The van der Waals surface area contributed by atoms with Crippen molar-refractivity contribution in [3.8, 4) is 11.5 Å². The van der Waals surface area contributed by atoms with Crippen molar-refractivity contribution in [3.63, 3.8) is 0 Å². The van der Waals surface area contributed by atoms with E-state index in [9.17, 15) is 4.79 Å². The predicted octanol–water partition coefficient (Wildman–Crippen LogP) is 2.34. The second kappa shape index (κ2) is 4.92. The highest BCUT2D eigenvalue weighted by Crippen LogP contribution is 2.63. The Bertz CT molecular complexity index is 835. The zero-order valence-corrected chi connectivity index (χ0v) is 15.2. The number of hydrogen-bond donors (Lipinski definition) is 0. The minimum atomic E-state index is -0.560. The Morgan fingerprint density at radius 1 is 1.36 bits per heavy atom. The smallest absolute Gasteiger partial charge is 0.238 e. The highest BCUT2D eigenvalue weighted by atomic mass is 35.5. The van der Waals surface area contributed by atoms with Crippen molar-refractivity contribution in [2.24, 2.45) is 5.92 Å². The molecule has 2 aliphatic carbocycles. The lowest BCUT2D eigenvalue weighted by atomic mass is 9.53. The van der Waals surface area contributed by atoms with Gasteiger partial charge in [0.25, 0.3) is 0 Å². The van der Waals surface area contributed by atoms with Gasteiger partial charge in [-0.25, -0.2) is 0 Å². The first-order chi connectivity index (χ1) is 12.0. The summed E-state index contributed by atoms with van der Waals surface area (Å²) in [6, 6.07) is 2.09. The van der Waals surface area contributed by atoms with Crippen LogP contribution in [0.3, 0.4) is 0 Å². The molecule has 1 saturated heterocycles. The minimum Gasteiger partial charge on any atom is -0.493 e. The van der Waals surface area contributed by atoms with Crippen molar-refractivity contribution in [3.05, 3.63) is 34.1 Å². The van der Waals surface area contributed by atoms with E-state index in [1.54, 1.807) is 14.2 Å². The van der Waals surface area contributed by atoms with Crippen LogP contribution >= 0.6 is 11.6 Å². The van der Waals surface area contributed by atoms with Gasteiger partial charge in [-0.15, -0.1) is 0 Å². The number of rotatable bonds is 2. The van der Waals surface area contributed by atoms with Crippen LogP contribution in [0.1, 0.15) is 17.5 Å². The zero-order chi connectivity index (χ0) is 17.5. The second-order valence-electron chi connectivity index (χ2n) is 7.41. The summed E-state index contributed by atoms with van der Waals surface area (Å²) in [6.45, 7) is 0.929. The first kappa shape index (κ1) is 15.5. The molecule has 2 heterocycles. The highest BCUT2D eigenvalue weighted by Gasteiger charge is 2.66. The van der Waals surface area contributed by atoms with Crippen molar-refractivity contribution in [1.82, 2.24) is 4.90 Å². The van der Waals surface area contributed by atoms with Crippen LogP contribution in [0.4, 0.5) is 0 Å². The largest absolute Gasteiger partial charge is 0.493 e. The van der Waals surface area contributed by atoms with Gasteiger partial charge in [0.15, 0.2) is 23.4 Å². The fourth-order valence-electron chi connectivity index (χ4n) is 5.45. The number of halogens is 1. The molecule has 132 valence electrons. The Morgan fingerprint density at radius 3 is 2.88 bits per heavy atom. The number of Topliss-reactive ketones (excluding diaryl/α,β-unsaturated/α-hetero) is 1. The normalized spacial score (nSPS) is 35.0. The third-order valence-electron chi connectivity index (χ3n) is 6.59. The molecule has 0 aromatic heterocycles. The first-order valence-electron chi connectivity index (χ1n) is 8.59. The Labute approximate surface area is 151 Å². The average molecular weight is 362 g/mol. The number of hydrogen-bond acceptors (Lipinski definition) is 5. The molecule has 1 aromatic carbocycles. The molecule has 0 amide bonds. The summed E-state index contributed by atoms with van der Waals surface area (Å²) in [5.41, 5.74) is 1.84. The monoisotopic (exact) mass is 361 g/mol. The Kier molecular flexibility index (Phi) is 3.06. The number of ketones is 1. The number of piperidine rings is 1. The lowest BCUT2D eigenvalue weighted by Gasteiger charge is -2.55. The van der Waals surface area contributed by atoms with Crippen LogP contribution in [0.2, 0.25) is 5.02 Å². The maximum Gasteiger partial charge on any atom is 0.238 e. The van der Waals surface area contributed by atoms with Gasteiger partial charge < -0.3 is 19.1 Å². The number of methoxy groups -OCH3 is 2. The number of carbonyl (C=O) groups excluding carboxylic acids is 1. The van der Waals surface area contributed by atoms with Crippen LogP contribution in [0.15, 0.2) is 17.9 Å². The van der Waals surface area contributed by atoms with E-state index in [0.717, 1.165) is 30.5 Å². The van der Waals surface area contributed by atoms with E-state index < -0.39 is 6.10 Å². The lowest BCUT2D eigenvalue weighted by molar-refractivity contribution is -0.132. The van der Waals surface area contributed by atoms with Crippen molar-refractivity contribution >= 4 is 17.4 Å². The molecular weight excluding hydrogens is 342 g/mol. The maximum atomic E-state index is 13.0. The number of nitrogens with zero attached hydrogens (tertiary/aromatic N) is 1. The lowest BCUT2D eigenvalue weighted by Crippen LogP contribution is -2.64. The van der Waals surface area contributed by atoms with Crippen LogP contribution in [-0.2, 0) is 21.4 Å². The molecule has 1 aromatic rings. The van der Waals surface area contributed by atoms with E-state index >= 15 is 0 Å². The van der Waals surface area contributed by atoms with E-state index in [1.165, 1.54) is 0 Å². The summed E-state index contributed by atoms with van der Waals surface area (Å²) in [5.74, 6) is 1.80. The van der Waals surface area contributed by atoms with E-state index in [0.29, 0.717) is 22.3 Å². The average Bonchev–Trinajstić information content (AvgIpc) is 2.95. The standard InChI is InChI=1S/C19H20ClNO4/c1-21-5-4-19-10-7-13(23-2)16(22)18(19)25-17-14(24-3)8-11(20)9(15(17)19)6-12(10)21/h7-8,10,12,18H,4-6H2,1-3H3/t10-,12-,18?,19?/m0/s1. The molecule has 2 aliphatic heterocycles. The quantitative estimate of drug-likeness (QED) is 0.809. The maximum absolute atomic E-state index is 13.0. The van der Waals surface area contributed by atoms with E-state index in [2.05, 4.69) is 11.9 Å². The van der Waals surface area contributed by atoms with Crippen molar-refractivity contribution in [2.75, 3.05) is 27.8 Å². The van der Waals surface area contributed by atoms with Crippen LogP contribution in [0.25, 0.3) is 0 Å². The minimum absolute atomic E-state index is 0.0794. The molecule has 1 fully saturated rings. The Morgan fingerprint density at radius 2 is 2.16 bits per heavy atom. The summed E-state index contributed by atoms with van der Waals surface area (Å²) < 4.78 is 17.2. The molecule has 5 rings (SSSR count). The Hall–Kier alpha value is -1.72. The van der Waals surface area contributed by atoms with Crippen molar-refractivity contribution < 1.29 is 19.0 Å². The number of likely N-dealkylation sites (N-methyl/N-ethyl adjacent to an activating group) is 1. The predicted molar refractivity (Wildman–Crippen MR) is 92.4 cm³/mol. The summed E-state index contributed by atoms with van der Waals surface area (Å²) in [5, 5.41) is 0.701. The fourth-order valence-corrected chi connectivity index (χ4v) is 5.72. The van der Waals surface area contributed by atoms with Gasteiger partial charge in [0.1, 0.15) is 0 Å². The number of likely N-dealkylation sites (tertiary alicyclic amines) is 1. The summed E-state index contributed by atoms with van der Waals surface area (Å²) >= 11 is 6.62. The molecule has 0 saturated carbocycles. The van der Waals surface area contributed by atoms with Gasteiger partial charge in [-0.3, -0.25) is 4.79 Å². The van der Waals surface area contributed by atoms with Crippen molar-refractivity contribution in [2.45, 2.75) is 30.4 Å². The first-order valence-corrected chi connectivity index (χ1v) is 8.97. The van der Waals surface area contributed by atoms with Crippen LogP contribution in [0.5, 0.6) is 11.5 Å². The molecule has 0 N–H and O–H groups in total. The van der Waals surface area contributed by atoms with Gasteiger partial charge in [0.2, 0.25) is 5.78 Å². The summed E-state index contributed by atoms with van der Waals surface area (Å²) in [4.78, 5) is 15.4. The SMILES string of the molecule is COC1=C[C@H]2[C@@H]3Cc4c(Cl)cc(OC)c5c4C2(CCN3C)C(O5)C1=O. The van der Waals surface area contributed by atoms with E-state index in [-0.39, 0.29) is 23.2 Å². The molecule has 2 bridgehead atoms. The molecule has 0 radical (unpaired) electrons. The summed E-state index contributed by atoms with van der Waals surface area (Å²) in [7, 11) is 5.30. The van der Waals surface area contributed by atoms with Crippen LogP contribution in [0, 0.1) is 5.92 Å². The van der Waals surface area contributed by atoms with Gasteiger partial charge in [-0.05, 0) is 38.1 Å². The van der Waals surface area contributed by atoms with E-state index in [4.69, 9.17) is 25.8 Å². The fraction of sp³-hybridized carbons (Fsp3) is 0.526. The van der Waals surface area contributed by atoms with Gasteiger partial charge >= 0.3 is 0 Å². The highest BCUT2D eigenvalue weighted by molar-refractivity contribution is 6.31. The number of benzene rings is 1. The van der Waals surface area contributed by atoms with Crippen LogP contribution < -0.4 is 9.47 Å². The van der Waals surface area contributed by atoms with E-state index in [1.807, 2.05) is 12.1 Å². The molecule has 1 spiro atoms. The number of ether oxygens (including phenoxy) is 3. The molecule has 5 nitrogen and oxygen atoms in total. The second-order valence-corrected chi connectivity index (χ2v) is 7.82. The van der Waals surface area contributed by atoms with Crippen LogP contribution in [-0.4, -0.2) is 50.6 Å². The molecule has 4 aliphatic rings. The third-order valence-corrected chi connectivity index (χ3v) is 6.92. The van der Waals surface area contributed by atoms with Gasteiger partial charge in [-0.2, -0.15) is 0 Å². The molecule has 6 heteroatoms. The number of carbonyl (C=O) groups is 1. The van der Waals surface area contributed by atoms with Crippen molar-refractivity contribution in [1.29, 1.82) is 0 Å². The van der Waals surface area contributed by atoms with Gasteiger partial charge in [0, 0.05) is 28.6 Å².